The molecule has 3 aromatic rings. The van der Waals surface area contributed by atoms with Gasteiger partial charge in [0.15, 0.2) is 0 Å². The summed E-state index contributed by atoms with van der Waals surface area (Å²) in [6.45, 7) is 0.709. The van der Waals surface area contributed by atoms with Crippen LogP contribution in [-0.4, -0.2) is 24.3 Å². The first-order chi connectivity index (χ1) is 16.3. The highest BCUT2D eigenvalue weighted by Gasteiger charge is 2.17. The van der Waals surface area contributed by atoms with Crippen LogP contribution in [0.15, 0.2) is 90.7 Å². The van der Waals surface area contributed by atoms with Gasteiger partial charge in [0.2, 0.25) is 5.76 Å². The molecule has 3 aromatic carbocycles. The minimum absolute atomic E-state index is 0.198. The van der Waals surface area contributed by atoms with Gasteiger partial charge in [-0.15, -0.1) is 0 Å². The van der Waals surface area contributed by atoms with Crippen molar-refractivity contribution in [2.45, 2.75) is 38.5 Å². The van der Waals surface area contributed by atoms with Crippen LogP contribution in [0.4, 0.5) is 0 Å². The summed E-state index contributed by atoms with van der Waals surface area (Å²) < 4.78 is 11.7. The normalized spacial score (nSPS) is 11.2. The van der Waals surface area contributed by atoms with Crippen molar-refractivity contribution in [3.8, 4) is 16.9 Å². The maximum Gasteiger partial charge on any atom is 0.379 e. The Labute approximate surface area is 196 Å². The van der Waals surface area contributed by atoms with Crippen molar-refractivity contribution in [2.75, 3.05) is 13.2 Å². The lowest BCUT2D eigenvalue weighted by atomic mass is 10.1. The van der Waals surface area contributed by atoms with Crippen LogP contribution in [0.25, 0.3) is 17.2 Å². The van der Waals surface area contributed by atoms with Crippen LogP contribution in [0.3, 0.4) is 0 Å². The third kappa shape index (κ3) is 8.24. The number of hydrogen-bond acceptors (Lipinski definition) is 4. The molecule has 0 atom stereocenters. The van der Waals surface area contributed by atoms with Crippen LogP contribution in [0.5, 0.6) is 5.75 Å². The van der Waals surface area contributed by atoms with Gasteiger partial charge in [-0.3, -0.25) is 0 Å². The number of carbonyl (C=O) groups excluding carboxylic acids is 1. The molecule has 33 heavy (non-hydrogen) atoms. The van der Waals surface area contributed by atoms with Gasteiger partial charge >= 0.3 is 5.97 Å². The van der Waals surface area contributed by atoms with E-state index in [2.05, 4.69) is 0 Å². The second-order valence-corrected chi connectivity index (χ2v) is 7.86. The molecule has 0 saturated carbocycles. The molecule has 0 saturated heterocycles. The molecule has 0 radical (unpaired) electrons. The van der Waals surface area contributed by atoms with Crippen LogP contribution in [0.2, 0.25) is 0 Å². The monoisotopic (exact) mass is 444 g/mol. The molecular formula is C29H32O4. The molecule has 0 heterocycles. The van der Waals surface area contributed by atoms with E-state index in [1.165, 1.54) is 0 Å². The lowest BCUT2D eigenvalue weighted by Crippen LogP contribution is -2.15. The van der Waals surface area contributed by atoms with E-state index in [1.807, 2.05) is 78.9 Å². The molecule has 0 aliphatic carbocycles. The maximum absolute atomic E-state index is 13.1. The second kappa shape index (κ2) is 13.9. The molecule has 4 nitrogen and oxygen atoms in total. The molecule has 3 rings (SSSR count). The number of aliphatic hydroxyl groups excluding tert-OH is 1. The zero-order chi connectivity index (χ0) is 23.1. The highest BCUT2D eigenvalue weighted by atomic mass is 16.6. The van der Waals surface area contributed by atoms with Crippen molar-refractivity contribution in [3.63, 3.8) is 0 Å². The summed E-state index contributed by atoms with van der Waals surface area (Å²) in [7, 11) is 0. The minimum atomic E-state index is -0.509. The zero-order valence-electron chi connectivity index (χ0n) is 19.0. The van der Waals surface area contributed by atoms with Gasteiger partial charge < -0.3 is 14.6 Å². The third-order valence-electron chi connectivity index (χ3n) is 5.28. The Bertz CT molecular complexity index is 996. The highest BCUT2D eigenvalue weighted by Crippen LogP contribution is 2.30. The molecule has 0 spiro atoms. The SMILES string of the molecule is O=C(Oc1ccccc1-c1ccccc1)C(=Cc1ccccc1)OCCCCCCCCO. The van der Waals surface area contributed by atoms with Gasteiger partial charge in [0, 0.05) is 12.2 Å². The highest BCUT2D eigenvalue weighted by molar-refractivity contribution is 5.94. The van der Waals surface area contributed by atoms with Crippen molar-refractivity contribution in [2.24, 2.45) is 0 Å². The number of aliphatic hydroxyl groups is 1. The number of ether oxygens (including phenoxy) is 2. The molecule has 172 valence electrons. The summed E-state index contributed by atoms with van der Waals surface area (Å²) in [5, 5.41) is 8.86. The van der Waals surface area contributed by atoms with Gasteiger partial charge in [-0.25, -0.2) is 4.79 Å². The van der Waals surface area contributed by atoms with Crippen LogP contribution in [0, 0.1) is 0 Å². The summed E-state index contributed by atoms with van der Waals surface area (Å²) in [4.78, 5) is 13.1. The molecule has 0 aliphatic rings. The first-order valence-electron chi connectivity index (χ1n) is 11.6. The fourth-order valence-electron chi connectivity index (χ4n) is 3.53. The summed E-state index contributed by atoms with van der Waals surface area (Å²) in [6, 6.07) is 27.0. The Hall–Kier alpha value is -3.37. The van der Waals surface area contributed by atoms with E-state index in [1.54, 1.807) is 12.1 Å². The standard InChI is InChI=1S/C29H32O4/c30-21-13-3-1-2-4-14-22-32-28(23-24-15-7-5-8-16-24)29(31)33-27-20-12-11-19-26(27)25-17-9-6-10-18-25/h5-12,15-20,23,30H,1-4,13-14,21-22H2. The lowest BCUT2D eigenvalue weighted by Gasteiger charge is -2.13. The number of para-hydroxylation sites is 1. The summed E-state index contributed by atoms with van der Waals surface area (Å²) in [6.07, 6.45) is 7.71. The molecule has 0 fully saturated rings. The van der Waals surface area contributed by atoms with Crippen molar-refractivity contribution in [1.82, 2.24) is 0 Å². The third-order valence-corrected chi connectivity index (χ3v) is 5.28. The fraction of sp³-hybridized carbons (Fsp3) is 0.276. The largest absolute Gasteiger partial charge is 0.487 e. The predicted molar refractivity (Wildman–Crippen MR) is 133 cm³/mol. The van der Waals surface area contributed by atoms with Gasteiger partial charge in [-0.05, 0) is 36.1 Å². The number of esters is 1. The maximum atomic E-state index is 13.1. The van der Waals surface area contributed by atoms with E-state index in [0.29, 0.717) is 12.4 Å². The number of unbranched alkanes of at least 4 members (excludes halogenated alkanes) is 5. The quantitative estimate of drug-likeness (QED) is 0.105. The lowest BCUT2D eigenvalue weighted by molar-refractivity contribution is -0.133. The second-order valence-electron chi connectivity index (χ2n) is 7.86. The number of benzene rings is 3. The van der Waals surface area contributed by atoms with Crippen LogP contribution in [-0.2, 0) is 9.53 Å². The fourth-order valence-corrected chi connectivity index (χ4v) is 3.53. The first kappa shape index (κ1) is 24.3. The summed E-state index contributed by atoms with van der Waals surface area (Å²) in [5.41, 5.74) is 2.72. The summed E-state index contributed by atoms with van der Waals surface area (Å²) in [5.74, 6) is 0.190. The van der Waals surface area contributed by atoms with E-state index >= 15 is 0 Å². The number of hydrogen-bond donors (Lipinski definition) is 1. The van der Waals surface area contributed by atoms with Crippen molar-refractivity contribution >= 4 is 12.0 Å². The zero-order valence-corrected chi connectivity index (χ0v) is 19.0. The van der Waals surface area contributed by atoms with E-state index in [-0.39, 0.29) is 12.4 Å². The predicted octanol–water partition coefficient (Wildman–Crippen LogP) is 6.65. The molecule has 0 amide bonds. The van der Waals surface area contributed by atoms with Gasteiger partial charge in [0.1, 0.15) is 5.75 Å². The van der Waals surface area contributed by atoms with Crippen LogP contribution < -0.4 is 4.74 Å². The molecule has 4 heteroatoms. The number of carbonyl (C=O) groups is 1. The Kier molecular flexibility index (Phi) is 10.2. The molecule has 0 aromatic heterocycles. The Morgan fingerprint density at radius 2 is 1.33 bits per heavy atom. The summed E-state index contributed by atoms with van der Waals surface area (Å²) >= 11 is 0. The molecule has 0 unspecified atom stereocenters. The minimum Gasteiger partial charge on any atom is -0.487 e. The van der Waals surface area contributed by atoms with Crippen molar-refractivity contribution < 1.29 is 19.4 Å². The van der Waals surface area contributed by atoms with E-state index in [9.17, 15) is 4.79 Å². The van der Waals surface area contributed by atoms with Gasteiger partial charge in [0.25, 0.3) is 0 Å². The van der Waals surface area contributed by atoms with Gasteiger partial charge in [-0.1, -0.05) is 105 Å². The molecular weight excluding hydrogens is 412 g/mol. The smallest absolute Gasteiger partial charge is 0.379 e. The molecule has 1 N–H and O–H groups in total. The average molecular weight is 445 g/mol. The van der Waals surface area contributed by atoms with Gasteiger partial charge in [0.05, 0.1) is 6.61 Å². The van der Waals surface area contributed by atoms with E-state index in [0.717, 1.165) is 55.2 Å². The topological polar surface area (TPSA) is 55.8 Å². The van der Waals surface area contributed by atoms with E-state index < -0.39 is 5.97 Å². The van der Waals surface area contributed by atoms with Gasteiger partial charge in [-0.2, -0.15) is 0 Å². The Balaban J connectivity index is 1.67. The van der Waals surface area contributed by atoms with Crippen molar-refractivity contribution in [1.29, 1.82) is 0 Å². The molecule has 0 aliphatic heterocycles. The van der Waals surface area contributed by atoms with Crippen LogP contribution >= 0.6 is 0 Å². The van der Waals surface area contributed by atoms with Crippen LogP contribution in [0.1, 0.15) is 44.1 Å². The average Bonchev–Trinajstić information content (AvgIpc) is 2.86. The first-order valence-corrected chi connectivity index (χ1v) is 11.6. The van der Waals surface area contributed by atoms with Crippen molar-refractivity contribution in [3.05, 3.63) is 96.3 Å². The number of rotatable bonds is 13. The molecule has 0 bridgehead atoms. The Morgan fingerprint density at radius 1 is 0.727 bits per heavy atom. The Morgan fingerprint density at radius 3 is 2.06 bits per heavy atom. The van der Waals surface area contributed by atoms with E-state index in [4.69, 9.17) is 14.6 Å².